The first-order chi connectivity index (χ1) is 15.3. The van der Waals surface area contributed by atoms with Gasteiger partial charge in [-0.3, -0.25) is 9.78 Å². The van der Waals surface area contributed by atoms with Crippen LogP contribution in [0.2, 0.25) is 16.6 Å². The maximum absolute atomic E-state index is 12.7. The summed E-state index contributed by atoms with van der Waals surface area (Å²) < 4.78 is 6.97. The normalized spacial score (nSPS) is 14.3. The number of hydrogen-bond acceptors (Lipinski definition) is 3. The molecule has 2 aromatic carbocycles. The number of fused-ring (bicyclic) bond motifs is 8. The summed E-state index contributed by atoms with van der Waals surface area (Å²) >= 11 is 0. The highest BCUT2D eigenvalue weighted by Crippen LogP contribution is 2.44. The fourth-order valence-electron chi connectivity index (χ4n) is 6.07. The van der Waals surface area contributed by atoms with Gasteiger partial charge in [0.15, 0.2) is 0 Å². The molecular weight excluding hydrogens is 414 g/mol. The summed E-state index contributed by atoms with van der Waals surface area (Å²) in [5, 5.41) is 6.09. The molecule has 166 valence electrons. The maximum Gasteiger partial charge on any atom is 0.258 e. The standard InChI is InChI=1S/C26H31N3O2Si/c1-14(2)32(15(3)4,16(5)6)31-17-9-10-21-19(12-17)22-20-13-28-26(30)23(20)18-8-7-11-27-24(18)25(22)29-21/h7-12,14-16,29H,13H2,1-6H3,(H,28,30). The van der Waals surface area contributed by atoms with Crippen molar-refractivity contribution in [2.75, 3.05) is 0 Å². The van der Waals surface area contributed by atoms with Crippen molar-refractivity contribution in [2.24, 2.45) is 0 Å². The summed E-state index contributed by atoms with van der Waals surface area (Å²) in [6, 6.07) is 10.2. The van der Waals surface area contributed by atoms with Gasteiger partial charge in [-0.05, 0) is 46.5 Å². The smallest absolute Gasteiger partial charge is 0.258 e. The molecule has 4 aromatic rings. The number of pyridine rings is 1. The van der Waals surface area contributed by atoms with Crippen LogP contribution in [-0.2, 0) is 6.54 Å². The number of rotatable bonds is 5. The minimum atomic E-state index is -2.07. The molecule has 2 aromatic heterocycles. The van der Waals surface area contributed by atoms with Crippen LogP contribution in [0.15, 0.2) is 36.5 Å². The SMILES string of the molecule is CC(C)[Si](Oc1ccc2[nH]c3c4ncccc4c4c(c3c2c1)CNC4=O)(C(C)C)C(C)C. The molecule has 32 heavy (non-hydrogen) atoms. The summed E-state index contributed by atoms with van der Waals surface area (Å²) in [6.45, 7) is 14.4. The van der Waals surface area contributed by atoms with Gasteiger partial charge in [0.05, 0.1) is 16.6 Å². The number of aromatic amines is 1. The zero-order chi connectivity index (χ0) is 22.8. The summed E-state index contributed by atoms with van der Waals surface area (Å²) in [7, 11) is -2.07. The Bertz CT molecular complexity index is 1350. The minimum Gasteiger partial charge on any atom is -0.543 e. The predicted molar refractivity (Wildman–Crippen MR) is 134 cm³/mol. The van der Waals surface area contributed by atoms with Gasteiger partial charge in [-0.1, -0.05) is 47.6 Å². The average molecular weight is 446 g/mol. The van der Waals surface area contributed by atoms with Crippen molar-refractivity contribution in [1.29, 1.82) is 0 Å². The van der Waals surface area contributed by atoms with E-state index in [4.69, 9.17) is 4.43 Å². The van der Waals surface area contributed by atoms with Crippen LogP contribution in [-0.4, -0.2) is 24.2 Å². The van der Waals surface area contributed by atoms with Gasteiger partial charge in [0.2, 0.25) is 0 Å². The number of carbonyl (C=O) groups excluding carboxylic acids is 1. The second kappa shape index (κ2) is 7.34. The lowest BCUT2D eigenvalue weighted by molar-refractivity contribution is 0.0967. The van der Waals surface area contributed by atoms with Crippen LogP contribution < -0.4 is 9.74 Å². The van der Waals surface area contributed by atoms with Crippen molar-refractivity contribution in [3.63, 3.8) is 0 Å². The molecule has 6 heteroatoms. The molecule has 5 rings (SSSR count). The fourth-order valence-corrected chi connectivity index (χ4v) is 11.3. The number of aromatic nitrogens is 2. The first-order valence-corrected chi connectivity index (χ1v) is 13.7. The van der Waals surface area contributed by atoms with E-state index in [0.29, 0.717) is 23.2 Å². The molecule has 5 nitrogen and oxygen atoms in total. The van der Waals surface area contributed by atoms with Gasteiger partial charge in [-0.15, -0.1) is 0 Å². The van der Waals surface area contributed by atoms with Crippen LogP contribution in [0.4, 0.5) is 0 Å². The van der Waals surface area contributed by atoms with Gasteiger partial charge in [-0.25, -0.2) is 0 Å². The highest BCUT2D eigenvalue weighted by Gasteiger charge is 2.47. The third kappa shape index (κ3) is 2.82. The van der Waals surface area contributed by atoms with Crippen molar-refractivity contribution in [1.82, 2.24) is 15.3 Å². The van der Waals surface area contributed by atoms with E-state index >= 15 is 0 Å². The number of benzene rings is 2. The zero-order valence-corrected chi connectivity index (χ0v) is 20.7. The van der Waals surface area contributed by atoms with Crippen molar-refractivity contribution in [3.05, 3.63) is 47.7 Å². The lowest BCUT2D eigenvalue weighted by Crippen LogP contribution is -2.50. The fraction of sp³-hybridized carbons (Fsp3) is 0.385. The Morgan fingerprint density at radius 2 is 1.72 bits per heavy atom. The van der Waals surface area contributed by atoms with Crippen LogP contribution in [0.1, 0.15) is 57.5 Å². The number of hydrogen-bond donors (Lipinski definition) is 2. The zero-order valence-electron chi connectivity index (χ0n) is 19.7. The first kappa shape index (κ1) is 21.0. The maximum atomic E-state index is 12.7. The van der Waals surface area contributed by atoms with Crippen LogP contribution in [0.3, 0.4) is 0 Å². The van der Waals surface area contributed by atoms with E-state index < -0.39 is 8.32 Å². The summed E-state index contributed by atoms with van der Waals surface area (Å²) in [5.74, 6) is 0.904. The van der Waals surface area contributed by atoms with Gasteiger partial charge in [-0.2, -0.15) is 0 Å². The van der Waals surface area contributed by atoms with Crippen molar-refractivity contribution >= 4 is 46.9 Å². The highest BCUT2D eigenvalue weighted by molar-refractivity contribution is 6.78. The largest absolute Gasteiger partial charge is 0.543 e. The summed E-state index contributed by atoms with van der Waals surface area (Å²) in [4.78, 5) is 20.9. The Hall–Kier alpha value is -2.86. The molecule has 1 aliphatic heterocycles. The first-order valence-electron chi connectivity index (χ1n) is 11.6. The van der Waals surface area contributed by atoms with Crippen molar-refractivity contribution < 1.29 is 9.22 Å². The lowest BCUT2D eigenvalue weighted by Gasteiger charge is -2.42. The van der Waals surface area contributed by atoms with Crippen LogP contribution >= 0.6 is 0 Å². The third-order valence-corrected chi connectivity index (χ3v) is 13.3. The third-order valence-electron chi connectivity index (χ3n) is 7.34. The molecule has 0 saturated carbocycles. The quantitative estimate of drug-likeness (QED) is 0.337. The van der Waals surface area contributed by atoms with E-state index in [0.717, 1.165) is 49.6 Å². The van der Waals surface area contributed by atoms with Gasteiger partial charge >= 0.3 is 0 Å². The van der Waals surface area contributed by atoms with E-state index in [2.05, 4.69) is 75.0 Å². The van der Waals surface area contributed by atoms with E-state index in [1.54, 1.807) is 6.20 Å². The Morgan fingerprint density at radius 1 is 1.00 bits per heavy atom. The molecule has 0 unspecified atom stereocenters. The molecule has 2 N–H and O–H groups in total. The van der Waals surface area contributed by atoms with Gasteiger partial charge in [0.1, 0.15) is 5.75 Å². The number of nitrogens with one attached hydrogen (secondary N) is 2. The molecule has 0 bridgehead atoms. The minimum absolute atomic E-state index is 0.0208. The summed E-state index contributed by atoms with van der Waals surface area (Å²) in [5.41, 5.74) is 6.17. The van der Waals surface area contributed by atoms with Crippen LogP contribution in [0.25, 0.3) is 32.7 Å². The lowest BCUT2D eigenvalue weighted by atomic mass is 9.98. The van der Waals surface area contributed by atoms with Crippen LogP contribution in [0.5, 0.6) is 5.75 Å². The van der Waals surface area contributed by atoms with Gasteiger partial charge in [0.25, 0.3) is 14.2 Å². The molecule has 3 heterocycles. The molecule has 0 saturated heterocycles. The number of carbonyl (C=O) groups is 1. The van der Waals surface area contributed by atoms with Gasteiger partial charge < -0.3 is 14.7 Å². The number of nitrogens with zero attached hydrogens (tertiary/aromatic N) is 1. The van der Waals surface area contributed by atoms with E-state index in [-0.39, 0.29) is 5.91 Å². The number of amides is 1. The molecule has 0 radical (unpaired) electrons. The molecule has 1 aliphatic rings. The summed E-state index contributed by atoms with van der Waals surface area (Å²) in [6.07, 6.45) is 1.79. The second-order valence-electron chi connectivity index (χ2n) is 9.94. The Morgan fingerprint density at radius 3 is 2.41 bits per heavy atom. The second-order valence-corrected chi connectivity index (χ2v) is 15.3. The molecule has 1 amide bonds. The molecule has 0 atom stereocenters. The van der Waals surface area contributed by atoms with E-state index in [1.165, 1.54) is 0 Å². The Labute approximate surface area is 189 Å². The molecule has 0 aliphatic carbocycles. The van der Waals surface area contributed by atoms with Gasteiger partial charge in [0, 0.05) is 34.4 Å². The van der Waals surface area contributed by atoms with Crippen molar-refractivity contribution in [2.45, 2.75) is 64.7 Å². The Balaban J connectivity index is 1.77. The predicted octanol–water partition coefficient (Wildman–Crippen LogP) is 6.67. The van der Waals surface area contributed by atoms with Crippen molar-refractivity contribution in [3.8, 4) is 5.75 Å². The van der Waals surface area contributed by atoms with Crippen LogP contribution in [0, 0.1) is 0 Å². The number of H-pyrrole nitrogens is 1. The Kier molecular flexibility index (Phi) is 4.82. The van der Waals surface area contributed by atoms with E-state index in [9.17, 15) is 4.79 Å². The molecular formula is C26H31N3O2Si. The van der Waals surface area contributed by atoms with E-state index in [1.807, 2.05) is 12.1 Å². The molecule has 0 fully saturated rings. The monoisotopic (exact) mass is 445 g/mol. The highest BCUT2D eigenvalue weighted by atomic mass is 28.4. The molecule has 0 spiro atoms. The topological polar surface area (TPSA) is 67.0 Å². The average Bonchev–Trinajstić information content (AvgIpc) is 3.32.